The van der Waals surface area contributed by atoms with Gasteiger partial charge in [0.25, 0.3) is 0 Å². The van der Waals surface area contributed by atoms with Gasteiger partial charge in [-0.15, -0.1) is 0 Å². The van der Waals surface area contributed by atoms with Crippen LogP contribution in [0.25, 0.3) is 0 Å². The zero-order valence-corrected chi connectivity index (χ0v) is 17.0. The van der Waals surface area contributed by atoms with Gasteiger partial charge in [0.1, 0.15) is 19.8 Å². The summed E-state index contributed by atoms with van der Waals surface area (Å²) < 4.78 is 18.6. The molecule has 1 heterocycles. The number of carbonyl (C=O) groups is 3. The summed E-state index contributed by atoms with van der Waals surface area (Å²) in [6, 6.07) is -0.713. The van der Waals surface area contributed by atoms with Crippen LogP contribution in [0.15, 0.2) is 0 Å². The number of nitrogens with zero attached hydrogens (tertiary/aromatic N) is 1. The lowest BCUT2D eigenvalue weighted by atomic mass is 10.0. The monoisotopic (exact) mass is 390 g/mol. The Morgan fingerprint density at radius 1 is 1.27 bits per heavy atom. The minimum Gasteiger partial charge on any atom is -0.479 e. The molecule has 0 aromatic heterocycles. The van der Waals surface area contributed by atoms with E-state index in [2.05, 4.69) is 12.2 Å². The highest BCUT2D eigenvalue weighted by atomic mass is 31.2. The molecule has 0 aromatic rings. The maximum Gasteiger partial charge on any atom is 0.334 e. The smallest absolute Gasteiger partial charge is 0.334 e. The number of β-lactam (4-membered cyclic amide) rings is 1. The lowest BCUT2D eigenvalue weighted by Crippen LogP contribution is -2.74. The molecule has 2 N–H and O–H groups in total. The Bertz CT molecular complexity index is 559. The molecule has 9 heteroatoms. The van der Waals surface area contributed by atoms with E-state index in [1.54, 1.807) is 13.8 Å². The van der Waals surface area contributed by atoms with E-state index in [-0.39, 0.29) is 24.7 Å². The van der Waals surface area contributed by atoms with Crippen LogP contribution < -0.4 is 5.32 Å². The Morgan fingerprint density at radius 3 is 2.35 bits per heavy atom. The number of carbonyl (C=O) groups excluding carboxylic acids is 2. The van der Waals surface area contributed by atoms with Crippen LogP contribution in [0, 0.1) is 0 Å². The molecule has 1 aliphatic heterocycles. The molecule has 1 fully saturated rings. The van der Waals surface area contributed by atoms with Gasteiger partial charge in [-0.3, -0.25) is 14.5 Å². The van der Waals surface area contributed by atoms with Crippen LogP contribution in [0.1, 0.15) is 47.0 Å². The van der Waals surface area contributed by atoms with E-state index in [0.29, 0.717) is 6.54 Å². The standard InChI is InChI=1S/C17H31N2O6P/c1-5-8-9-10-18-13-14(21)19(15(13)25-11-12(4)20)16(17(22)23)26(24,6-2)7-3/h13,15-16,18H,5-11H2,1-4H3,(H,22,23)/t13-,15?,16?/m1/s1. The van der Waals surface area contributed by atoms with Crippen molar-refractivity contribution in [2.24, 2.45) is 0 Å². The van der Waals surface area contributed by atoms with Crippen molar-refractivity contribution < 1.29 is 28.8 Å². The van der Waals surface area contributed by atoms with E-state index < -0.39 is 37.1 Å². The third-order valence-electron chi connectivity index (χ3n) is 4.68. The zero-order chi connectivity index (χ0) is 19.9. The maximum absolute atomic E-state index is 13.0. The van der Waals surface area contributed by atoms with E-state index in [1.807, 2.05) is 0 Å². The van der Waals surface area contributed by atoms with Crippen LogP contribution in [0.4, 0.5) is 0 Å². The predicted molar refractivity (Wildman–Crippen MR) is 98.7 cm³/mol. The van der Waals surface area contributed by atoms with E-state index in [0.717, 1.165) is 24.2 Å². The molecule has 150 valence electrons. The molecule has 8 nitrogen and oxygen atoms in total. The molecule has 2 unspecified atom stereocenters. The maximum atomic E-state index is 13.0. The number of likely N-dealkylation sites (tertiary alicyclic amines) is 1. The first-order chi connectivity index (χ1) is 12.2. The minimum absolute atomic E-state index is 0.179. The molecule has 0 bridgehead atoms. The highest BCUT2D eigenvalue weighted by Gasteiger charge is 2.57. The second-order valence-electron chi connectivity index (χ2n) is 6.58. The third kappa shape index (κ3) is 5.15. The fourth-order valence-electron chi connectivity index (χ4n) is 3.06. The first-order valence-electron chi connectivity index (χ1n) is 9.20. The van der Waals surface area contributed by atoms with Crippen LogP contribution in [-0.4, -0.2) is 71.2 Å². The second kappa shape index (κ2) is 10.2. The number of nitrogens with one attached hydrogen (secondary N) is 1. The number of hydrogen-bond donors (Lipinski definition) is 2. The molecule has 0 radical (unpaired) electrons. The molecule has 3 atom stereocenters. The van der Waals surface area contributed by atoms with Crippen LogP contribution in [-0.2, 0) is 23.7 Å². The van der Waals surface area contributed by atoms with Gasteiger partial charge in [-0.05, 0) is 19.9 Å². The van der Waals surface area contributed by atoms with E-state index in [1.165, 1.54) is 6.92 Å². The number of unbranched alkanes of at least 4 members (excludes halogenated alkanes) is 2. The molecule has 0 aliphatic carbocycles. The first-order valence-corrected chi connectivity index (χ1v) is 11.3. The van der Waals surface area contributed by atoms with Crippen LogP contribution >= 0.6 is 7.14 Å². The molecule has 0 aromatic carbocycles. The topological polar surface area (TPSA) is 113 Å². The van der Waals surface area contributed by atoms with E-state index in [9.17, 15) is 24.1 Å². The van der Waals surface area contributed by atoms with Crippen LogP contribution in [0.3, 0.4) is 0 Å². The van der Waals surface area contributed by atoms with Gasteiger partial charge in [-0.25, -0.2) is 4.79 Å². The van der Waals surface area contributed by atoms with Crippen molar-refractivity contribution >= 4 is 24.8 Å². The summed E-state index contributed by atoms with van der Waals surface area (Å²) in [5.74, 6) is -3.39. The van der Waals surface area contributed by atoms with Crippen molar-refractivity contribution in [2.45, 2.75) is 65.0 Å². The molecule has 1 amide bonds. The summed E-state index contributed by atoms with van der Waals surface area (Å²) >= 11 is 0. The Labute approximate surface area is 155 Å². The number of carboxylic acids is 1. The van der Waals surface area contributed by atoms with Gasteiger partial charge in [0, 0.05) is 12.3 Å². The summed E-state index contributed by atoms with van der Waals surface area (Å²) in [6.07, 6.45) is 2.38. The fraction of sp³-hybridized carbons (Fsp3) is 0.824. The number of carboxylic acid groups (broad SMARTS) is 1. The number of ether oxygens (including phenoxy) is 1. The lowest BCUT2D eigenvalue weighted by molar-refractivity contribution is -0.191. The number of rotatable bonds is 13. The van der Waals surface area contributed by atoms with Crippen LogP contribution in [0.2, 0.25) is 0 Å². The molecule has 1 rings (SSSR count). The molecule has 26 heavy (non-hydrogen) atoms. The Balaban J connectivity index is 3.01. The molecule has 1 aliphatic rings. The van der Waals surface area contributed by atoms with Gasteiger partial charge in [-0.2, -0.15) is 0 Å². The van der Waals surface area contributed by atoms with Crippen molar-refractivity contribution in [3.8, 4) is 0 Å². The summed E-state index contributed by atoms with van der Waals surface area (Å²) in [5, 5.41) is 12.7. The average molecular weight is 390 g/mol. The minimum atomic E-state index is -3.14. The van der Waals surface area contributed by atoms with Crippen molar-refractivity contribution in [2.75, 3.05) is 25.5 Å². The van der Waals surface area contributed by atoms with Gasteiger partial charge in [-0.1, -0.05) is 33.6 Å². The Morgan fingerprint density at radius 2 is 1.88 bits per heavy atom. The molecular weight excluding hydrogens is 359 g/mol. The zero-order valence-electron chi connectivity index (χ0n) is 16.1. The third-order valence-corrected chi connectivity index (χ3v) is 8.18. The summed E-state index contributed by atoms with van der Waals surface area (Å²) in [4.78, 5) is 36.8. The average Bonchev–Trinajstić information content (AvgIpc) is 2.60. The number of Topliss-reactive ketones (excluding diaryl/α,β-unsaturated/α-hetero) is 1. The normalized spacial score (nSPS) is 21.4. The van der Waals surface area contributed by atoms with Gasteiger partial charge < -0.3 is 19.7 Å². The summed E-state index contributed by atoms with van der Waals surface area (Å²) in [5.41, 5.74) is 0. The second-order valence-corrected chi connectivity index (χ2v) is 10.2. The highest BCUT2D eigenvalue weighted by Crippen LogP contribution is 2.53. The van der Waals surface area contributed by atoms with Gasteiger partial charge in [0.2, 0.25) is 5.91 Å². The highest BCUT2D eigenvalue weighted by molar-refractivity contribution is 7.65. The molecule has 1 saturated heterocycles. The Hall–Kier alpha value is -1.24. The first kappa shape index (κ1) is 22.8. The molecule has 0 spiro atoms. The Kier molecular flexibility index (Phi) is 8.93. The van der Waals surface area contributed by atoms with Gasteiger partial charge in [0.05, 0.1) is 0 Å². The number of amides is 1. The molecule has 0 saturated carbocycles. The number of hydrogen-bond acceptors (Lipinski definition) is 6. The largest absolute Gasteiger partial charge is 0.479 e. The summed E-state index contributed by atoms with van der Waals surface area (Å²) in [6.45, 7) is 7.11. The van der Waals surface area contributed by atoms with Crippen molar-refractivity contribution in [3.63, 3.8) is 0 Å². The number of ketones is 1. The fourth-order valence-corrected chi connectivity index (χ4v) is 5.30. The van der Waals surface area contributed by atoms with Crippen molar-refractivity contribution in [3.05, 3.63) is 0 Å². The van der Waals surface area contributed by atoms with E-state index in [4.69, 9.17) is 4.74 Å². The van der Waals surface area contributed by atoms with Crippen molar-refractivity contribution in [1.29, 1.82) is 0 Å². The lowest BCUT2D eigenvalue weighted by Gasteiger charge is -2.50. The van der Waals surface area contributed by atoms with E-state index >= 15 is 0 Å². The summed E-state index contributed by atoms with van der Waals surface area (Å²) in [7, 11) is -3.14. The van der Waals surface area contributed by atoms with Crippen LogP contribution in [0.5, 0.6) is 0 Å². The van der Waals surface area contributed by atoms with Crippen molar-refractivity contribution in [1.82, 2.24) is 10.2 Å². The quantitative estimate of drug-likeness (QED) is 0.280. The number of aliphatic carboxylic acids is 1. The SMILES string of the molecule is CCCCCN[C@@H]1C(=O)N(C(C(=O)O)P(=O)(CC)CC)C1OCC(C)=O. The van der Waals surface area contributed by atoms with Gasteiger partial charge in [0.15, 0.2) is 17.8 Å². The predicted octanol–water partition coefficient (Wildman–Crippen LogP) is 1.72. The molecular formula is C17H31N2O6P. The van der Waals surface area contributed by atoms with Gasteiger partial charge >= 0.3 is 5.97 Å².